The topological polar surface area (TPSA) is 40.5 Å². The zero-order chi connectivity index (χ0) is 13.4. The van der Waals surface area contributed by atoms with Gasteiger partial charge in [-0.3, -0.25) is 4.79 Å². The van der Waals surface area contributed by atoms with Crippen LogP contribution >= 0.6 is 11.8 Å². The van der Waals surface area contributed by atoms with Crippen LogP contribution in [0, 0.1) is 0 Å². The fourth-order valence-corrected chi connectivity index (χ4v) is 3.51. The van der Waals surface area contributed by atoms with Crippen LogP contribution in [0.3, 0.4) is 0 Å². The number of hydrogen-bond acceptors (Lipinski definition) is 3. The minimum Gasteiger partial charge on any atom is -0.481 e. The first-order valence-electron chi connectivity index (χ1n) is 7.03. The van der Waals surface area contributed by atoms with E-state index >= 15 is 0 Å². The summed E-state index contributed by atoms with van der Waals surface area (Å²) >= 11 is 1.89. The van der Waals surface area contributed by atoms with Crippen molar-refractivity contribution < 1.29 is 9.90 Å². The summed E-state index contributed by atoms with van der Waals surface area (Å²) in [5.74, 6) is 0.563. The van der Waals surface area contributed by atoms with Gasteiger partial charge in [-0.1, -0.05) is 19.3 Å². The summed E-state index contributed by atoms with van der Waals surface area (Å²) in [5.41, 5.74) is -0.0660. The summed E-state index contributed by atoms with van der Waals surface area (Å²) in [4.78, 5) is 13.5. The van der Waals surface area contributed by atoms with Crippen molar-refractivity contribution in [2.75, 3.05) is 25.6 Å². The molecule has 1 N–H and O–H groups in total. The Bertz CT molecular complexity index is 252. The van der Waals surface area contributed by atoms with Crippen molar-refractivity contribution >= 4 is 17.7 Å². The molecule has 0 aromatic heterocycles. The van der Waals surface area contributed by atoms with Crippen LogP contribution in [0.4, 0.5) is 0 Å². The third kappa shape index (κ3) is 4.81. The van der Waals surface area contributed by atoms with Gasteiger partial charge in [-0.05, 0) is 51.3 Å². The molecular formula is C14H27NO2S. The van der Waals surface area contributed by atoms with Crippen LogP contribution in [0.2, 0.25) is 0 Å². The predicted molar refractivity (Wildman–Crippen MR) is 78.3 cm³/mol. The van der Waals surface area contributed by atoms with Crippen LogP contribution in [0.1, 0.15) is 51.4 Å². The fraction of sp³-hybridized carbons (Fsp3) is 0.929. The highest BCUT2D eigenvalue weighted by Crippen LogP contribution is 2.36. The zero-order valence-corrected chi connectivity index (χ0v) is 12.6. The van der Waals surface area contributed by atoms with Crippen LogP contribution in [-0.4, -0.2) is 47.1 Å². The van der Waals surface area contributed by atoms with Crippen LogP contribution in [0.15, 0.2) is 0 Å². The molecule has 0 aromatic rings. The zero-order valence-electron chi connectivity index (χ0n) is 11.8. The van der Waals surface area contributed by atoms with Gasteiger partial charge < -0.3 is 10.0 Å². The second-order valence-corrected chi connectivity index (χ2v) is 6.46. The van der Waals surface area contributed by atoms with Crippen LogP contribution in [0.25, 0.3) is 0 Å². The van der Waals surface area contributed by atoms with E-state index < -0.39 is 5.97 Å². The van der Waals surface area contributed by atoms with Crippen molar-refractivity contribution in [3.8, 4) is 0 Å². The molecule has 0 saturated heterocycles. The molecule has 1 aliphatic rings. The Morgan fingerprint density at radius 2 is 1.94 bits per heavy atom. The van der Waals surface area contributed by atoms with Crippen molar-refractivity contribution in [2.24, 2.45) is 0 Å². The summed E-state index contributed by atoms with van der Waals surface area (Å²) in [5, 5.41) is 9.16. The Hall–Kier alpha value is -0.220. The van der Waals surface area contributed by atoms with E-state index in [1.807, 2.05) is 11.8 Å². The van der Waals surface area contributed by atoms with Crippen LogP contribution < -0.4 is 0 Å². The average Bonchev–Trinajstić information content (AvgIpc) is 2.34. The van der Waals surface area contributed by atoms with E-state index in [1.165, 1.54) is 37.9 Å². The number of carboxylic acid groups (broad SMARTS) is 1. The first-order valence-corrected chi connectivity index (χ1v) is 8.42. The van der Waals surface area contributed by atoms with Gasteiger partial charge in [-0.15, -0.1) is 0 Å². The Morgan fingerprint density at radius 1 is 1.28 bits per heavy atom. The van der Waals surface area contributed by atoms with E-state index in [-0.39, 0.29) is 5.54 Å². The standard InChI is InChI=1S/C14H27NO2S/c1-15(10-6-7-11-18-2)14(12-13(16)17)8-4-3-5-9-14/h3-12H2,1-2H3,(H,16,17). The molecule has 1 aliphatic carbocycles. The number of rotatable bonds is 8. The Balaban J connectivity index is 2.50. The Morgan fingerprint density at radius 3 is 2.50 bits per heavy atom. The summed E-state index contributed by atoms with van der Waals surface area (Å²) in [6.45, 7) is 1.04. The lowest BCUT2D eigenvalue weighted by molar-refractivity contribution is -0.141. The molecule has 0 aliphatic heterocycles. The quantitative estimate of drug-likeness (QED) is 0.689. The molecule has 1 rings (SSSR count). The monoisotopic (exact) mass is 273 g/mol. The lowest BCUT2D eigenvalue weighted by atomic mass is 9.78. The van der Waals surface area contributed by atoms with Gasteiger partial charge in [0.05, 0.1) is 6.42 Å². The van der Waals surface area contributed by atoms with Gasteiger partial charge in [-0.25, -0.2) is 0 Å². The summed E-state index contributed by atoms with van der Waals surface area (Å²) in [6, 6.07) is 0. The first-order chi connectivity index (χ1) is 8.60. The lowest BCUT2D eigenvalue weighted by Gasteiger charge is -2.44. The molecule has 0 heterocycles. The second-order valence-electron chi connectivity index (χ2n) is 5.48. The molecule has 1 saturated carbocycles. The molecule has 0 radical (unpaired) electrons. The lowest BCUT2D eigenvalue weighted by Crippen LogP contribution is -2.49. The molecule has 1 fully saturated rings. The summed E-state index contributed by atoms with van der Waals surface area (Å²) in [7, 11) is 2.12. The van der Waals surface area contributed by atoms with Crippen molar-refractivity contribution in [1.29, 1.82) is 0 Å². The molecule has 3 nitrogen and oxygen atoms in total. The average molecular weight is 273 g/mol. The van der Waals surface area contributed by atoms with Gasteiger partial charge in [0.1, 0.15) is 0 Å². The molecule has 0 unspecified atom stereocenters. The molecule has 0 bridgehead atoms. The maximum atomic E-state index is 11.1. The Kier molecular flexibility index (Phi) is 7.08. The molecule has 4 heteroatoms. The number of thioether (sulfide) groups is 1. The maximum Gasteiger partial charge on any atom is 0.305 e. The largest absolute Gasteiger partial charge is 0.481 e. The molecule has 0 spiro atoms. The number of carboxylic acids is 1. The SMILES string of the molecule is CSCCCCN(C)C1(CC(=O)O)CCCCC1. The van der Waals surface area contributed by atoms with E-state index in [0.29, 0.717) is 6.42 Å². The van der Waals surface area contributed by atoms with E-state index in [1.54, 1.807) is 0 Å². The smallest absolute Gasteiger partial charge is 0.305 e. The van der Waals surface area contributed by atoms with Gasteiger partial charge in [-0.2, -0.15) is 11.8 Å². The van der Waals surface area contributed by atoms with E-state index in [2.05, 4.69) is 18.2 Å². The van der Waals surface area contributed by atoms with E-state index in [0.717, 1.165) is 19.4 Å². The van der Waals surface area contributed by atoms with Gasteiger partial charge in [0, 0.05) is 5.54 Å². The molecule has 0 aromatic carbocycles. The van der Waals surface area contributed by atoms with Gasteiger partial charge in [0.15, 0.2) is 0 Å². The fourth-order valence-electron chi connectivity index (χ4n) is 3.02. The minimum absolute atomic E-state index is 0.0660. The predicted octanol–water partition coefficient (Wildman–Crippen LogP) is 3.24. The summed E-state index contributed by atoms with van der Waals surface area (Å²) < 4.78 is 0. The number of unbranched alkanes of at least 4 members (excludes halogenated alkanes) is 1. The summed E-state index contributed by atoms with van der Waals surface area (Å²) in [6.07, 6.45) is 10.6. The number of carbonyl (C=O) groups is 1. The second kappa shape index (κ2) is 8.05. The number of hydrogen-bond donors (Lipinski definition) is 1. The van der Waals surface area contributed by atoms with Crippen molar-refractivity contribution in [3.05, 3.63) is 0 Å². The van der Waals surface area contributed by atoms with Crippen molar-refractivity contribution in [1.82, 2.24) is 4.90 Å². The number of aliphatic carboxylic acids is 1. The molecule has 0 amide bonds. The van der Waals surface area contributed by atoms with Gasteiger partial charge in [0.2, 0.25) is 0 Å². The highest BCUT2D eigenvalue weighted by Gasteiger charge is 2.37. The van der Waals surface area contributed by atoms with E-state index in [4.69, 9.17) is 5.11 Å². The maximum absolute atomic E-state index is 11.1. The third-order valence-electron chi connectivity index (χ3n) is 4.17. The van der Waals surface area contributed by atoms with Gasteiger partial charge in [0.25, 0.3) is 0 Å². The highest BCUT2D eigenvalue weighted by atomic mass is 32.2. The highest BCUT2D eigenvalue weighted by molar-refractivity contribution is 7.98. The van der Waals surface area contributed by atoms with Crippen molar-refractivity contribution in [2.45, 2.75) is 56.9 Å². The van der Waals surface area contributed by atoms with Crippen LogP contribution in [0.5, 0.6) is 0 Å². The minimum atomic E-state index is -0.645. The molecule has 106 valence electrons. The Labute approximate surface area is 115 Å². The molecule has 0 atom stereocenters. The van der Waals surface area contributed by atoms with Gasteiger partial charge >= 0.3 is 5.97 Å². The van der Waals surface area contributed by atoms with E-state index in [9.17, 15) is 4.79 Å². The molecular weight excluding hydrogens is 246 g/mol. The number of nitrogens with zero attached hydrogens (tertiary/aromatic N) is 1. The normalized spacial score (nSPS) is 19.1. The first kappa shape index (κ1) is 15.8. The van der Waals surface area contributed by atoms with Crippen LogP contribution in [-0.2, 0) is 4.79 Å². The third-order valence-corrected chi connectivity index (χ3v) is 4.86. The van der Waals surface area contributed by atoms with Crippen molar-refractivity contribution in [3.63, 3.8) is 0 Å². The molecule has 18 heavy (non-hydrogen) atoms.